The van der Waals surface area contributed by atoms with E-state index in [0.29, 0.717) is 4.88 Å². The van der Waals surface area contributed by atoms with Crippen LogP contribution in [0, 0.1) is 18.3 Å². The Morgan fingerprint density at radius 1 is 1.25 bits per heavy atom. The van der Waals surface area contributed by atoms with Gasteiger partial charge in [0.2, 0.25) is 0 Å². The summed E-state index contributed by atoms with van der Waals surface area (Å²) < 4.78 is 2.22. The molecule has 0 saturated carbocycles. The summed E-state index contributed by atoms with van der Waals surface area (Å²) in [5, 5.41) is 11.4. The van der Waals surface area contributed by atoms with Gasteiger partial charge < -0.3 is 0 Å². The number of Topliss-reactive ketones (excluding diaryl/α,β-unsaturated/α-hetero) is 1. The van der Waals surface area contributed by atoms with Crippen molar-refractivity contribution in [3.8, 4) is 6.07 Å². The minimum Gasteiger partial charge on any atom is -0.291 e. The van der Waals surface area contributed by atoms with Gasteiger partial charge in [-0.3, -0.25) is 4.79 Å². The number of nitrogens with zero attached hydrogens (tertiary/aromatic N) is 1. The summed E-state index contributed by atoms with van der Waals surface area (Å²) in [6, 6.07) is 13.6. The fourth-order valence-electron chi connectivity index (χ4n) is 2.16. The Morgan fingerprint density at radius 2 is 2.10 bits per heavy atom. The molecule has 0 fully saturated rings. The molecule has 0 N–H and O–H groups in total. The molecule has 4 heteroatoms. The first-order chi connectivity index (χ1) is 9.69. The quantitative estimate of drug-likeness (QED) is 0.654. The smallest absolute Gasteiger partial charge is 0.194 e. The lowest BCUT2D eigenvalue weighted by Crippen LogP contribution is -2.09. The highest BCUT2D eigenvalue weighted by atomic mass is 32.1. The molecular weight excluding hydrogens is 286 g/mol. The highest BCUT2D eigenvalue weighted by Gasteiger charge is 2.23. The largest absolute Gasteiger partial charge is 0.291 e. The molecule has 0 amide bonds. The summed E-state index contributed by atoms with van der Waals surface area (Å²) in [7, 11) is 0. The van der Waals surface area contributed by atoms with Crippen molar-refractivity contribution in [3.63, 3.8) is 0 Å². The molecule has 0 radical (unpaired) electrons. The summed E-state index contributed by atoms with van der Waals surface area (Å²) in [6.45, 7) is 1.96. The van der Waals surface area contributed by atoms with E-state index in [0.717, 1.165) is 20.5 Å². The maximum absolute atomic E-state index is 12.5. The van der Waals surface area contributed by atoms with Crippen molar-refractivity contribution >= 4 is 37.9 Å². The second kappa shape index (κ2) is 5.20. The van der Waals surface area contributed by atoms with Crippen LogP contribution in [0.4, 0.5) is 0 Å². The molecular formula is C16H11NOS2. The van der Waals surface area contributed by atoms with Crippen LogP contribution in [0.1, 0.15) is 26.7 Å². The van der Waals surface area contributed by atoms with E-state index in [1.807, 2.05) is 48.7 Å². The second-order valence-corrected chi connectivity index (χ2v) is 6.63. The molecule has 1 unspecified atom stereocenters. The van der Waals surface area contributed by atoms with Crippen molar-refractivity contribution in [2.45, 2.75) is 12.8 Å². The number of fused-ring (bicyclic) bond motifs is 1. The van der Waals surface area contributed by atoms with Gasteiger partial charge in [0, 0.05) is 9.40 Å². The summed E-state index contributed by atoms with van der Waals surface area (Å²) >= 11 is 3.08. The first-order valence-corrected chi connectivity index (χ1v) is 7.86. The van der Waals surface area contributed by atoms with E-state index >= 15 is 0 Å². The number of benzene rings is 1. The topological polar surface area (TPSA) is 40.9 Å². The molecule has 0 aliphatic rings. The number of hydrogen-bond donors (Lipinski definition) is 0. The summed E-state index contributed by atoms with van der Waals surface area (Å²) in [6.07, 6.45) is 0. The van der Waals surface area contributed by atoms with Crippen LogP contribution in [0.5, 0.6) is 0 Å². The van der Waals surface area contributed by atoms with E-state index in [4.69, 9.17) is 0 Å². The van der Waals surface area contributed by atoms with Gasteiger partial charge in [0.1, 0.15) is 5.92 Å². The van der Waals surface area contributed by atoms with E-state index in [1.165, 1.54) is 11.3 Å². The van der Waals surface area contributed by atoms with Gasteiger partial charge in [0.25, 0.3) is 0 Å². The highest BCUT2D eigenvalue weighted by Crippen LogP contribution is 2.33. The molecule has 0 saturated heterocycles. The maximum atomic E-state index is 12.5. The van der Waals surface area contributed by atoms with E-state index in [-0.39, 0.29) is 5.78 Å². The van der Waals surface area contributed by atoms with Crippen LogP contribution in [0.25, 0.3) is 9.40 Å². The zero-order valence-electron chi connectivity index (χ0n) is 10.8. The van der Waals surface area contributed by atoms with Gasteiger partial charge in [0.15, 0.2) is 5.78 Å². The molecule has 2 heterocycles. The maximum Gasteiger partial charge on any atom is 0.194 e. The molecule has 0 aliphatic heterocycles. The van der Waals surface area contributed by atoms with Crippen LogP contribution in [-0.2, 0) is 0 Å². The number of rotatable bonds is 3. The van der Waals surface area contributed by atoms with Crippen molar-refractivity contribution in [1.29, 1.82) is 5.26 Å². The SMILES string of the molecule is Cc1cccc(C(C#N)C(=O)c2cc3sccc3s2)c1. The Labute approximate surface area is 124 Å². The molecule has 20 heavy (non-hydrogen) atoms. The predicted octanol–water partition coefficient (Wildman–Crippen LogP) is 4.76. The molecule has 3 rings (SSSR count). The standard InChI is InChI=1S/C16H11NOS2/c1-10-3-2-4-11(7-10)12(9-17)16(18)15-8-14-13(20-15)5-6-19-14/h2-8,12H,1H3. The van der Waals surface area contributed by atoms with Gasteiger partial charge in [-0.15, -0.1) is 22.7 Å². The number of thiophene rings is 2. The average Bonchev–Trinajstić information content (AvgIpc) is 3.00. The Balaban J connectivity index is 1.99. The number of nitriles is 1. The number of hydrogen-bond acceptors (Lipinski definition) is 4. The lowest BCUT2D eigenvalue weighted by Gasteiger charge is -2.07. The van der Waals surface area contributed by atoms with Gasteiger partial charge in [-0.25, -0.2) is 0 Å². The van der Waals surface area contributed by atoms with Gasteiger partial charge in [-0.05, 0) is 30.0 Å². The van der Waals surface area contributed by atoms with Gasteiger partial charge in [-0.2, -0.15) is 5.26 Å². The zero-order valence-corrected chi connectivity index (χ0v) is 12.4. The summed E-state index contributed by atoms with van der Waals surface area (Å²) in [5.74, 6) is -0.825. The van der Waals surface area contributed by atoms with E-state index in [9.17, 15) is 10.1 Å². The number of ketones is 1. The van der Waals surface area contributed by atoms with Crippen molar-refractivity contribution in [2.24, 2.45) is 0 Å². The molecule has 0 bridgehead atoms. The molecule has 0 spiro atoms. The fraction of sp³-hybridized carbons (Fsp3) is 0.125. The van der Waals surface area contributed by atoms with Crippen LogP contribution in [0.3, 0.4) is 0 Å². The number of aryl methyl sites for hydroxylation is 1. The lowest BCUT2D eigenvalue weighted by molar-refractivity contribution is 0.0983. The minimum absolute atomic E-state index is 0.105. The second-order valence-electron chi connectivity index (χ2n) is 4.60. The fourth-order valence-corrected chi connectivity index (χ4v) is 4.24. The Morgan fingerprint density at radius 3 is 2.80 bits per heavy atom. The van der Waals surface area contributed by atoms with Crippen LogP contribution in [0.15, 0.2) is 41.8 Å². The van der Waals surface area contributed by atoms with Gasteiger partial charge in [-0.1, -0.05) is 29.8 Å². The Kier molecular flexibility index (Phi) is 3.39. The third kappa shape index (κ3) is 2.26. The van der Waals surface area contributed by atoms with Crippen molar-refractivity contribution < 1.29 is 4.79 Å². The van der Waals surface area contributed by atoms with E-state index < -0.39 is 5.92 Å². The number of carbonyl (C=O) groups excluding carboxylic acids is 1. The third-order valence-electron chi connectivity index (χ3n) is 3.15. The molecule has 3 aromatic rings. The molecule has 1 aromatic carbocycles. The van der Waals surface area contributed by atoms with Gasteiger partial charge in [0.05, 0.1) is 10.9 Å². The molecule has 98 valence electrons. The normalized spacial score (nSPS) is 12.2. The summed E-state index contributed by atoms with van der Waals surface area (Å²) in [5.41, 5.74) is 1.83. The third-order valence-corrected chi connectivity index (χ3v) is 5.26. The van der Waals surface area contributed by atoms with Crippen molar-refractivity contribution in [3.05, 3.63) is 57.8 Å². The Hall–Kier alpha value is -1.96. The minimum atomic E-state index is -0.720. The predicted molar refractivity (Wildman–Crippen MR) is 83.6 cm³/mol. The van der Waals surface area contributed by atoms with Crippen LogP contribution >= 0.6 is 22.7 Å². The molecule has 1 atom stereocenters. The first kappa shape index (κ1) is 13.0. The summed E-state index contributed by atoms with van der Waals surface area (Å²) in [4.78, 5) is 13.2. The van der Waals surface area contributed by atoms with E-state index in [1.54, 1.807) is 11.3 Å². The van der Waals surface area contributed by atoms with Crippen molar-refractivity contribution in [2.75, 3.05) is 0 Å². The number of carbonyl (C=O) groups is 1. The average molecular weight is 297 g/mol. The lowest BCUT2D eigenvalue weighted by atomic mass is 9.94. The van der Waals surface area contributed by atoms with Gasteiger partial charge >= 0.3 is 0 Å². The first-order valence-electron chi connectivity index (χ1n) is 6.16. The van der Waals surface area contributed by atoms with E-state index in [2.05, 4.69) is 6.07 Å². The zero-order chi connectivity index (χ0) is 14.1. The van der Waals surface area contributed by atoms with Crippen molar-refractivity contribution in [1.82, 2.24) is 0 Å². The van der Waals surface area contributed by atoms with Crippen LogP contribution < -0.4 is 0 Å². The monoisotopic (exact) mass is 297 g/mol. The molecule has 0 aliphatic carbocycles. The Bertz CT molecular complexity index is 794. The highest BCUT2D eigenvalue weighted by molar-refractivity contribution is 7.27. The van der Waals surface area contributed by atoms with Crippen LogP contribution in [-0.4, -0.2) is 5.78 Å². The molecule has 2 nitrogen and oxygen atoms in total. The molecule has 2 aromatic heterocycles. The van der Waals surface area contributed by atoms with Crippen LogP contribution in [0.2, 0.25) is 0 Å².